The molecule has 0 aliphatic carbocycles. The number of amides is 1. The van der Waals surface area contributed by atoms with Crippen molar-refractivity contribution in [1.82, 2.24) is 5.32 Å². The van der Waals surface area contributed by atoms with E-state index in [1.807, 2.05) is 0 Å². The van der Waals surface area contributed by atoms with Gasteiger partial charge in [0.2, 0.25) is 0 Å². The lowest BCUT2D eigenvalue weighted by molar-refractivity contribution is -0.143. The van der Waals surface area contributed by atoms with Crippen molar-refractivity contribution >= 4 is 25.3 Å². The summed E-state index contributed by atoms with van der Waals surface area (Å²) in [6.07, 6.45) is 3.33. The molecule has 1 amide bonds. The summed E-state index contributed by atoms with van der Waals surface area (Å²) < 4.78 is 10.2. The number of benzene rings is 2. The van der Waals surface area contributed by atoms with Crippen LogP contribution in [0.4, 0.5) is 4.79 Å². The lowest BCUT2D eigenvalue weighted by Gasteiger charge is -2.30. The third kappa shape index (κ3) is 9.12. The molecule has 198 valence electrons. The predicted octanol–water partition coefficient (Wildman–Crippen LogP) is 6.32. The van der Waals surface area contributed by atoms with Crippen LogP contribution in [-0.4, -0.2) is 38.9 Å². The first-order chi connectivity index (χ1) is 17.0. The van der Waals surface area contributed by atoms with E-state index in [9.17, 15) is 9.59 Å². The van der Waals surface area contributed by atoms with Gasteiger partial charge in [-0.2, -0.15) is 0 Å². The summed E-state index contributed by atoms with van der Waals surface area (Å²) in [5.41, 5.74) is 3.08. The maximum atomic E-state index is 12.3. The van der Waals surface area contributed by atoms with Crippen LogP contribution in [0.25, 0.3) is 0 Å². The SMILES string of the molecule is CC[Si](CC)(CCCCc1ccc(C)cc1)c1ccc(C[C@@H](NC(=O)OC(C)(C)C)C(=O)OC)cc1. The van der Waals surface area contributed by atoms with Crippen LogP contribution in [0.5, 0.6) is 0 Å². The van der Waals surface area contributed by atoms with Gasteiger partial charge in [0.15, 0.2) is 0 Å². The molecular formula is C30H45NO4Si. The highest BCUT2D eigenvalue weighted by Gasteiger charge is 2.31. The van der Waals surface area contributed by atoms with Gasteiger partial charge in [0, 0.05) is 6.42 Å². The van der Waals surface area contributed by atoms with Crippen LogP contribution in [0.15, 0.2) is 48.5 Å². The van der Waals surface area contributed by atoms with Crippen molar-refractivity contribution in [2.24, 2.45) is 0 Å². The molecule has 0 fully saturated rings. The summed E-state index contributed by atoms with van der Waals surface area (Å²) in [5.74, 6) is -0.482. The van der Waals surface area contributed by atoms with Crippen molar-refractivity contribution in [2.75, 3.05) is 7.11 Å². The Balaban J connectivity index is 2.04. The molecule has 2 aromatic rings. The molecule has 1 N–H and O–H groups in total. The van der Waals surface area contributed by atoms with Crippen LogP contribution < -0.4 is 10.5 Å². The van der Waals surface area contributed by atoms with Crippen LogP contribution in [0.3, 0.4) is 0 Å². The van der Waals surface area contributed by atoms with Crippen LogP contribution in [0.1, 0.15) is 64.2 Å². The smallest absolute Gasteiger partial charge is 0.408 e. The molecule has 1 atom stereocenters. The Morgan fingerprint density at radius 3 is 2.03 bits per heavy atom. The number of alkyl carbamates (subject to hydrolysis) is 1. The van der Waals surface area contributed by atoms with Crippen molar-refractivity contribution in [1.29, 1.82) is 0 Å². The summed E-state index contributed by atoms with van der Waals surface area (Å²) in [6, 6.07) is 20.5. The standard InChI is InChI=1S/C30H45NO4Si/c1-8-36(9-2,21-11-10-12-24-15-13-23(3)14-16-24)26-19-17-25(18-20-26)22-27(28(32)34-7)31-29(33)35-30(4,5)6/h13-20,27H,8-12,21-22H2,1-7H3,(H,31,33)/t27-/m1/s1. The minimum Gasteiger partial charge on any atom is -0.467 e. The van der Waals surface area contributed by atoms with Crippen molar-refractivity contribution in [3.63, 3.8) is 0 Å². The number of carbonyl (C=O) groups excluding carboxylic acids is 2. The van der Waals surface area contributed by atoms with Gasteiger partial charge in [0.05, 0.1) is 15.2 Å². The molecule has 0 saturated carbocycles. The summed E-state index contributed by atoms with van der Waals surface area (Å²) in [7, 11) is -0.263. The summed E-state index contributed by atoms with van der Waals surface area (Å²) in [5, 5.41) is 4.14. The van der Waals surface area contributed by atoms with E-state index in [2.05, 4.69) is 74.6 Å². The third-order valence-corrected chi connectivity index (χ3v) is 12.6. The molecule has 0 spiro atoms. The fourth-order valence-electron chi connectivity index (χ4n) is 4.72. The molecule has 36 heavy (non-hydrogen) atoms. The Morgan fingerprint density at radius 2 is 1.50 bits per heavy atom. The molecule has 0 bridgehead atoms. The van der Waals surface area contributed by atoms with Crippen LogP contribution >= 0.6 is 0 Å². The molecule has 5 nitrogen and oxygen atoms in total. The topological polar surface area (TPSA) is 64.6 Å². The maximum Gasteiger partial charge on any atom is 0.408 e. The molecule has 0 aromatic heterocycles. The minimum absolute atomic E-state index is 0.357. The third-order valence-electron chi connectivity index (χ3n) is 7.03. The Bertz CT molecular complexity index is 960. The number of hydrogen-bond donors (Lipinski definition) is 1. The molecule has 0 heterocycles. The second-order valence-electron chi connectivity index (χ2n) is 10.8. The Labute approximate surface area is 219 Å². The second-order valence-corrected chi connectivity index (χ2v) is 15.9. The number of rotatable bonds is 12. The van der Waals surface area contributed by atoms with Gasteiger partial charge in [0.25, 0.3) is 0 Å². The number of nitrogens with one attached hydrogen (secondary N) is 1. The van der Waals surface area contributed by atoms with E-state index in [1.54, 1.807) is 20.8 Å². The van der Waals surface area contributed by atoms with Gasteiger partial charge in [0.1, 0.15) is 11.6 Å². The zero-order valence-electron chi connectivity index (χ0n) is 23.3. The molecule has 2 rings (SSSR count). The van der Waals surface area contributed by atoms with E-state index < -0.39 is 31.8 Å². The number of methoxy groups -OCH3 is 1. The molecule has 6 heteroatoms. The van der Waals surface area contributed by atoms with Gasteiger partial charge >= 0.3 is 12.1 Å². The van der Waals surface area contributed by atoms with Gasteiger partial charge in [-0.05, 0) is 51.7 Å². The zero-order chi connectivity index (χ0) is 26.8. The first kappa shape index (κ1) is 29.6. The highest BCUT2D eigenvalue weighted by Crippen LogP contribution is 2.24. The molecule has 0 aliphatic rings. The molecular weight excluding hydrogens is 466 g/mol. The van der Waals surface area contributed by atoms with Gasteiger partial charge < -0.3 is 14.8 Å². The summed E-state index contributed by atoms with van der Waals surface area (Å²) >= 11 is 0. The number of aryl methyl sites for hydroxylation is 2. The highest BCUT2D eigenvalue weighted by atomic mass is 28.3. The van der Waals surface area contributed by atoms with Gasteiger partial charge in [-0.15, -0.1) is 0 Å². The number of carbonyl (C=O) groups is 2. The first-order valence-electron chi connectivity index (χ1n) is 13.2. The number of ether oxygens (including phenoxy) is 2. The normalized spacial score (nSPS) is 12.6. The van der Waals surface area contributed by atoms with E-state index in [-0.39, 0.29) is 0 Å². The fraction of sp³-hybridized carbons (Fsp3) is 0.533. The summed E-state index contributed by atoms with van der Waals surface area (Å²) in [4.78, 5) is 24.6. The molecule has 0 radical (unpaired) electrons. The molecule has 0 saturated heterocycles. The van der Waals surface area contributed by atoms with Crippen molar-refractivity contribution in [3.8, 4) is 0 Å². The lowest BCUT2D eigenvalue weighted by Crippen LogP contribution is -2.46. The van der Waals surface area contributed by atoms with Gasteiger partial charge in [-0.1, -0.05) is 97.7 Å². The van der Waals surface area contributed by atoms with Crippen molar-refractivity contribution < 1.29 is 19.1 Å². The predicted molar refractivity (Wildman–Crippen MR) is 151 cm³/mol. The van der Waals surface area contributed by atoms with Crippen LogP contribution in [0, 0.1) is 6.92 Å². The Kier molecular flexibility index (Phi) is 11.2. The Morgan fingerprint density at radius 1 is 0.917 bits per heavy atom. The maximum absolute atomic E-state index is 12.3. The number of hydrogen-bond acceptors (Lipinski definition) is 4. The van der Waals surface area contributed by atoms with Gasteiger partial charge in [-0.25, -0.2) is 9.59 Å². The van der Waals surface area contributed by atoms with Gasteiger partial charge in [-0.3, -0.25) is 0 Å². The Hall–Kier alpha value is -2.60. The highest BCUT2D eigenvalue weighted by molar-refractivity contribution is 6.91. The average Bonchev–Trinajstić information content (AvgIpc) is 2.84. The lowest BCUT2D eigenvalue weighted by atomic mass is 10.1. The quantitative estimate of drug-likeness (QED) is 0.206. The van der Waals surface area contributed by atoms with E-state index in [4.69, 9.17) is 9.47 Å². The second kappa shape index (κ2) is 13.6. The van der Waals surface area contributed by atoms with Crippen molar-refractivity contribution in [3.05, 3.63) is 65.2 Å². The average molecular weight is 512 g/mol. The number of esters is 1. The zero-order valence-corrected chi connectivity index (χ0v) is 24.3. The monoisotopic (exact) mass is 511 g/mol. The van der Waals surface area contributed by atoms with Crippen LogP contribution in [-0.2, 0) is 27.1 Å². The van der Waals surface area contributed by atoms with E-state index >= 15 is 0 Å². The minimum atomic E-state index is -1.59. The van der Waals surface area contributed by atoms with E-state index in [0.717, 1.165) is 12.0 Å². The molecule has 2 aromatic carbocycles. The van der Waals surface area contributed by atoms with Crippen LogP contribution in [0.2, 0.25) is 18.1 Å². The number of unbranched alkanes of at least 4 members (excludes halogenated alkanes) is 1. The van der Waals surface area contributed by atoms with E-state index in [0.29, 0.717) is 6.42 Å². The molecule has 0 aliphatic heterocycles. The summed E-state index contributed by atoms with van der Waals surface area (Å²) in [6.45, 7) is 12.2. The first-order valence-corrected chi connectivity index (χ1v) is 15.9. The fourth-order valence-corrected chi connectivity index (χ4v) is 8.83. The van der Waals surface area contributed by atoms with E-state index in [1.165, 1.54) is 54.4 Å². The van der Waals surface area contributed by atoms with Crippen molar-refractivity contribution in [2.45, 2.75) is 97.0 Å². The largest absolute Gasteiger partial charge is 0.467 e. The molecule has 0 unspecified atom stereocenters.